The summed E-state index contributed by atoms with van der Waals surface area (Å²) >= 11 is 0. The number of guanidine groups is 1. The molecule has 0 atom stereocenters. The van der Waals surface area contributed by atoms with E-state index in [-0.39, 0.29) is 0 Å². The lowest BCUT2D eigenvalue weighted by Crippen LogP contribution is -2.36. The highest BCUT2D eigenvalue weighted by atomic mass is 16.5. The minimum absolute atomic E-state index is 0.634. The van der Waals surface area contributed by atoms with E-state index in [1.165, 1.54) is 16.7 Å². The van der Waals surface area contributed by atoms with Crippen LogP contribution in [0.3, 0.4) is 0 Å². The molecular formula is C18H23N3O. The maximum absolute atomic E-state index is 5.16. The molecule has 0 spiro atoms. The molecule has 0 unspecified atom stereocenters. The Morgan fingerprint density at radius 2 is 1.55 bits per heavy atom. The lowest BCUT2D eigenvalue weighted by molar-refractivity contribution is 0.185. The Morgan fingerprint density at radius 3 is 2.23 bits per heavy atom. The van der Waals surface area contributed by atoms with Crippen LogP contribution >= 0.6 is 0 Å². The zero-order valence-corrected chi connectivity index (χ0v) is 13.2. The highest BCUT2D eigenvalue weighted by Crippen LogP contribution is 2.06. The zero-order chi connectivity index (χ0) is 15.6. The van der Waals surface area contributed by atoms with Crippen molar-refractivity contribution in [2.45, 2.75) is 19.7 Å². The van der Waals surface area contributed by atoms with Crippen LogP contribution in [0.25, 0.3) is 0 Å². The van der Waals surface area contributed by atoms with Crippen LogP contribution in [0.5, 0.6) is 0 Å². The molecule has 2 rings (SSSR count). The summed E-state index contributed by atoms with van der Waals surface area (Å²) in [5.74, 6) is 0.793. The van der Waals surface area contributed by atoms with Crippen molar-refractivity contribution in [1.29, 1.82) is 0 Å². The molecule has 2 aromatic rings. The molecule has 4 nitrogen and oxygen atoms in total. The van der Waals surface area contributed by atoms with Gasteiger partial charge in [-0.15, -0.1) is 0 Å². The molecule has 2 aromatic carbocycles. The smallest absolute Gasteiger partial charge is 0.191 e. The van der Waals surface area contributed by atoms with Crippen LogP contribution in [0, 0.1) is 0 Å². The summed E-state index contributed by atoms with van der Waals surface area (Å²) in [4.78, 5) is 4.25. The van der Waals surface area contributed by atoms with E-state index in [2.05, 4.69) is 46.0 Å². The predicted octanol–water partition coefficient (Wildman–Crippen LogP) is 2.70. The summed E-state index contributed by atoms with van der Waals surface area (Å²) in [5.41, 5.74) is 3.61. The highest BCUT2D eigenvalue weighted by Gasteiger charge is 2.00. The first-order chi connectivity index (χ1) is 10.8. The third-order valence-corrected chi connectivity index (χ3v) is 3.29. The topological polar surface area (TPSA) is 45.7 Å². The molecule has 0 bridgehead atoms. The molecule has 0 aliphatic carbocycles. The standard InChI is InChI=1S/C18H23N3O/c1-19-18(20-12-15-7-4-3-5-8-15)21-13-16-9-6-10-17(11-16)14-22-2/h3-11H,12-14H2,1-2H3,(H2,19,20,21). The van der Waals surface area contributed by atoms with Gasteiger partial charge >= 0.3 is 0 Å². The van der Waals surface area contributed by atoms with Crippen molar-refractivity contribution in [3.63, 3.8) is 0 Å². The minimum atomic E-state index is 0.634. The van der Waals surface area contributed by atoms with Gasteiger partial charge in [-0.1, -0.05) is 54.6 Å². The Bertz CT molecular complexity index is 596. The predicted molar refractivity (Wildman–Crippen MR) is 90.6 cm³/mol. The maximum Gasteiger partial charge on any atom is 0.191 e. The quantitative estimate of drug-likeness (QED) is 0.636. The van der Waals surface area contributed by atoms with E-state index < -0.39 is 0 Å². The molecule has 0 fully saturated rings. The Kier molecular flexibility index (Phi) is 6.45. The van der Waals surface area contributed by atoms with Gasteiger partial charge in [-0.2, -0.15) is 0 Å². The normalized spacial score (nSPS) is 11.3. The monoisotopic (exact) mass is 297 g/mol. The first-order valence-corrected chi connectivity index (χ1v) is 7.37. The number of hydrogen-bond donors (Lipinski definition) is 2. The van der Waals surface area contributed by atoms with E-state index in [0.717, 1.165) is 19.0 Å². The first kappa shape index (κ1) is 16.0. The van der Waals surface area contributed by atoms with E-state index in [9.17, 15) is 0 Å². The van der Waals surface area contributed by atoms with Gasteiger partial charge in [-0.05, 0) is 16.7 Å². The molecule has 0 saturated carbocycles. The van der Waals surface area contributed by atoms with Gasteiger partial charge < -0.3 is 15.4 Å². The third kappa shape index (κ3) is 5.22. The minimum Gasteiger partial charge on any atom is -0.380 e. The Balaban J connectivity index is 1.84. The lowest BCUT2D eigenvalue weighted by atomic mass is 10.1. The average molecular weight is 297 g/mol. The molecule has 0 aliphatic rings. The maximum atomic E-state index is 5.16. The number of rotatable bonds is 6. The fraction of sp³-hybridized carbons (Fsp3) is 0.278. The molecule has 0 amide bonds. The van der Waals surface area contributed by atoms with E-state index in [4.69, 9.17) is 4.74 Å². The van der Waals surface area contributed by atoms with Gasteiger partial charge in [0.05, 0.1) is 6.61 Å². The van der Waals surface area contributed by atoms with Gasteiger partial charge in [-0.25, -0.2) is 0 Å². The van der Waals surface area contributed by atoms with Crippen molar-refractivity contribution >= 4 is 5.96 Å². The van der Waals surface area contributed by atoms with Crippen LogP contribution in [-0.4, -0.2) is 20.1 Å². The number of methoxy groups -OCH3 is 1. The van der Waals surface area contributed by atoms with E-state index >= 15 is 0 Å². The number of benzene rings is 2. The first-order valence-electron chi connectivity index (χ1n) is 7.37. The van der Waals surface area contributed by atoms with E-state index in [1.807, 2.05) is 24.3 Å². The number of ether oxygens (including phenoxy) is 1. The number of hydrogen-bond acceptors (Lipinski definition) is 2. The summed E-state index contributed by atoms with van der Waals surface area (Å²) in [6, 6.07) is 18.6. The van der Waals surface area contributed by atoms with Crippen LogP contribution in [-0.2, 0) is 24.4 Å². The molecule has 22 heavy (non-hydrogen) atoms. The van der Waals surface area contributed by atoms with Crippen molar-refractivity contribution in [2.75, 3.05) is 14.2 Å². The zero-order valence-electron chi connectivity index (χ0n) is 13.2. The molecule has 0 saturated heterocycles. The summed E-state index contributed by atoms with van der Waals surface area (Å²) < 4.78 is 5.16. The fourth-order valence-electron chi connectivity index (χ4n) is 2.18. The van der Waals surface area contributed by atoms with Crippen LogP contribution < -0.4 is 10.6 Å². The van der Waals surface area contributed by atoms with Gasteiger partial charge in [0.2, 0.25) is 0 Å². The molecule has 2 N–H and O–H groups in total. The van der Waals surface area contributed by atoms with Gasteiger partial charge in [0, 0.05) is 27.2 Å². The molecular weight excluding hydrogens is 274 g/mol. The Hall–Kier alpha value is -2.33. The molecule has 0 aromatic heterocycles. The number of aliphatic imine (C=N–C) groups is 1. The van der Waals surface area contributed by atoms with Crippen LogP contribution in [0.1, 0.15) is 16.7 Å². The van der Waals surface area contributed by atoms with Crippen LogP contribution in [0.2, 0.25) is 0 Å². The van der Waals surface area contributed by atoms with Crippen molar-refractivity contribution in [2.24, 2.45) is 4.99 Å². The van der Waals surface area contributed by atoms with Crippen molar-refractivity contribution in [1.82, 2.24) is 10.6 Å². The van der Waals surface area contributed by atoms with Crippen molar-refractivity contribution < 1.29 is 4.74 Å². The van der Waals surface area contributed by atoms with Gasteiger partial charge in [0.1, 0.15) is 0 Å². The van der Waals surface area contributed by atoms with Gasteiger partial charge in [0.15, 0.2) is 5.96 Å². The third-order valence-electron chi connectivity index (χ3n) is 3.29. The summed E-state index contributed by atoms with van der Waals surface area (Å²) in [6.45, 7) is 2.12. The Labute approximate surface area is 132 Å². The highest BCUT2D eigenvalue weighted by molar-refractivity contribution is 5.79. The van der Waals surface area contributed by atoms with Crippen molar-refractivity contribution in [3.8, 4) is 0 Å². The van der Waals surface area contributed by atoms with Gasteiger partial charge in [-0.3, -0.25) is 4.99 Å². The summed E-state index contributed by atoms with van der Waals surface area (Å²) in [6.07, 6.45) is 0. The largest absolute Gasteiger partial charge is 0.380 e. The molecule has 4 heteroatoms. The second-order valence-corrected chi connectivity index (χ2v) is 5.02. The van der Waals surface area contributed by atoms with E-state index in [1.54, 1.807) is 14.2 Å². The molecule has 0 aliphatic heterocycles. The lowest BCUT2D eigenvalue weighted by Gasteiger charge is -2.12. The molecule has 0 heterocycles. The Morgan fingerprint density at radius 1 is 0.909 bits per heavy atom. The van der Waals surface area contributed by atoms with Gasteiger partial charge in [0.25, 0.3) is 0 Å². The summed E-state index contributed by atoms with van der Waals surface area (Å²) in [5, 5.41) is 6.63. The van der Waals surface area contributed by atoms with Crippen molar-refractivity contribution in [3.05, 3.63) is 71.3 Å². The second-order valence-electron chi connectivity index (χ2n) is 5.02. The summed E-state index contributed by atoms with van der Waals surface area (Å²) in [7, 11) is 3.49. The SMILES string of the molecule is CN=C(NCc1ccccc1)NCc1cccc(COC)c1. The van der Waals surface area contributed by atoms with Crippen LogP contribution in [0.15, 0.2) is 59.6 Å². The number of nitrogens with zero attached hydrogens (tertiary/aromatic N) is 1. The average Bonchev–Trinajstić information content (AvgIpc) is 2.57. The van der Waals surface area contributed by atoms with Crippen LogP contribution in [0.4, 0.5) is 0 Å². The molecule has 116 valence electrons. The molecule has 0 radical (unpaired) electrons. The fourth-order valence-corrected chi connectivity index (χ4v) is 2.18. The van der Waals surface area contributed by atoms with E-state index in [0.29, 0.717) is 6.61 Å². The second kappa shape index (κ2) is 8.85. The number of nitrogens with one attached hydrogen (secondary N) is 2.